The Kier molecular flexibility index (Phi) is 8.14. The summed E-state index contributed by atoms with van der Waals surface area (Å²) in [7, 11) is -7.40. The Morgan fingerprint density at radius 1 is 1.13 bits per heavy atom. The highest BCUT2D eigenvalue weighted by molar-refractivity contribution is 7.89. The van der Waals surface area contributed by atoms with Gasteiger partial charge in [0, 0.05) is 30.6 Å². The normalized spacial score (nSPS) is 17.0. The first-order valence-electron chi connectivity index (χ1n) is 9.00. The van der Waals surface area contributed by atoms with Gasteiger partial charge in [-0.25, -0.2) is 8.42 Å². The number of rotatable bonds is 3. The Hall–Kier alpha value is -2.52. The molecule has 0 radical (unpaired) electrons. The number of hydrogen-bond acceptors (Lipinski definition) is 7. The van der Waals surface area contributed by atoms with Crippen molar-refractivity contribution in [1.29, 1.82) is 0 Å². The van der Waals surface area contributed by atoms with E-state index in [4.69, 9.17) is 25.5 Å². The second kappa shape index (κ2) is 10.2. The molecular weight excluding hydrogens is 452 g/mol. The number of ether oxygens (including phenoxy) is 2. The highest BCUT2D eigenvalue weighted by Gasteiger charge is 2.31. The van der Waals surface area contributed by atoms with Crippen LogP contribution in [0.5, 0.6) is 5.75 Å². The SMILES string of the molecule is CS(=O)(=O)O.NC(N)=NC(=O)C1=Cc2cccc(S(=O)(=O)N3CCOCC3)c2OCC1. The number of sulfonamides is 1. The number of benzene rings is 1. The second-order valence-electron chi connectivity index (χ2n) is 6.53. The summed E-state index contributed by atoms with van der Waals surface area (Å²) in [6.45, 7) is 1.42. The first-order chi connectivity index (χ1) is 14.4. The average molecular weight is 477 g/mol. The highest BCUT2D eigenvalue weighted by Crippen LogP contribution is 2.34. The van der Waals surface area contributed by atoms with Crippen LogP contribution >= 0.6 is 0 Å². The van der Waals surface area contributed by atoms with Crippen molar-refractivity contribution in [3.63, 3.8) is 0 Å². The van der Waals surface area contributed by atoms with Crippen LogP contribution < -0.4 is 16.2 Å². The summed E-state index contributed by atoms with van der Waals surface area (Å²) >= 11 is 0. The van der Waals surface area contributed by atoms with Crippen LogP contribution in [0.3, 0.4) is 0 Å². The van der Waals surface area contributed by atoms with Crippen molar-refractivity contribution >= 4 is 38.1 Å². The molecule has 172 valence electrons. The Balaban J connectivity index is 0.000000614. The van der Waals surface area contributed by atoms with Gasteiger partial charge >= 0.3 is 0 Å². The van der Waals surface area contributed by atoms with Crippen LogP contribution in [0.25, 0.3) is 6.08 Å². The molecular formula is C17H24N4O8S2. The molecule has 14 heteroatoms. The van der Waals surface area contributed by atoms with E-state index in [-0.39, 0.29) is 42.7 Å². The van der Waals surface area contributed by atoms with Crippen molar-refractivity contribution in [2.24, 2.45) is 16.5 Å². The molecule has 0 spiro atoms. The molecule has 2 aliphatic rings. The summed E-state index contributed by atoms with van der Waals surface area (Å²) in [5.74, 6) is -0.667. The number of fused-ring (bicyclic) bond motifs is 1. The minimum atomic E-state index is -3.73. The smallest absolute Gasteiger partial charge is 0.276 e. The highest BCUT2D eigenvalue weighted by atomic mass is 32.2. The summed E-state index contributed by atoms with van der Waals surface area (Å²) in [5, 5.41) is 0. The Morgan fingerprint density at radius 2 is 1.74 bits per heavy atom. The van der Waals surface area contributed by atoms with Gasteiger partial charge in [-0.2, -0.15) is 17.7 Å². The van der Waals surface area contributed by atoms with Crippen LogP contribution in [0.15, 0.2) is 33.7 Å². The van der Waals surface area contributed by atoms with Gasteiger partial charge in [0.2, 0.25) is 10.0 Å². The summed E-state index contributed by atoms with van der Waals surface area (Å²) in [4.78, 5) is 15.7. The van der Waals surface area contributed by atoms with E-state index < -0.39 is 26.0 Å². The fourth-order valence-corrected chi connectivity index (χ4v) is 4.38. The van der Waals surface area contributed by atoms with Gasteiger partial charge in [-0.05, 0) is 12.1 Å². The number of morpholine rings is 1. The van der Waals surface area contributed by atoms with E-state index in [9.17, 15) is 21.6 Å². The maximum atomic E-state index is 13.0. The topological polar surface area (TPSA) is 192 Å². The predicted octanol–water partition coefficient (Wildman–Crippen LogP) is -0.823. The largest absolute Gasteiger partial charge is 0.491 e. The van der Waals surface area contributed by atoms with E-state index >= 15 is 0 Å². The quantitative estimate of drug-likeness (QED) is 0.282. The summed E-state index contributed by atoms with van der Waals surface area (Å²) in [6, 6.07) is 4.79. The number of amides is 1. The Morgan fingerprint density at radius 3 is 2.32 bits per heavy atom. The second-order valence-corrected chi connectivity index (χ2v) is 9.91. The van der Waals surface area contributed by atoms with Gasteiger partial charge in [0.25, 0.3) is 16.0 Å². The first kappa shape index (κ1) is 24.7. The molecule has 0 saturated carbocycles. The Labute approximate surface area is 180 Å². The van der Waals surface area contributed by atoms with Crippen molar-refractivity contribution in [3.05, 3.63) is 29.3 Å². The fraction of sp³-hybridized carbons (Fsp3) is 0.412. The lowest BCUT2D eigenvalue weighted by Crippen LogP contribution is -2.40. The van der Waals surface area contributed by atoms with Gasteiger partial charge in [0.05, 0.1) is 26.1 Å². The van der Waals surface area contributed by atoms with Crippen LogP contribution in [0, 0.1) is 0 Å². The Bertz CT molecular complexity index is 1080. The summed E-state index contributed by atoms with van der Waals surface area (Å²) in [5.41, 5.74) is 11.3. The number of nitrogens with zero attached hydrogens (tertiary/aromatic N) is 2. The minimum Gasteiger partial charge on any atom is -0.491 e. The van der Waals surface area contributed by atoms with Gasteiger partial charge in [-0.1, -0.05) is 12.1 Å². The van der Waals surface area contributed by atoms with Crippen molar-refractivity contribution in [3.8, 4) is 5.75 Å². The molecule has 12 nitrogen and oxygen atoms in total. The van der Waals surface area contributed by atoms with Gasteiger partial charge in [0.1, 0.15) is 10.6 Å². The zero-order chi connectivity index (χ0) is 23.2. The van der Waals surface area contributed by atoms with Gasteiger partial charge in [-0.3, -0.25) is 9.35 Å². The molecule has 1 aromatic rings. The lowest BCUT2D eigenvalue weighted by molar-refractivity contribution is -0.114. The van der Waals surface area contributed by atoms with E-state index in [1.54, 1.807) is 18.2 Å². The van der Waals surface area contributed by atoms with Gasteiger partial charge < -0.3 is 20.9 Å². The molecule has 0 bridgehead atoms. The number of para-hydroxylation sites is 1. The fourth-order valence-electron chi connectivity index (χ4n) is 2.81. The van der Waals surface area contributed by atoms with Crippen LogP contribution in [0.4, 0.5) is 0 Å². The molecule has 1 fully saturated rings. The number of nitrogens with two attached hydrogens (primary N) is 2. The molecule has 0 aromatic heterocycles. The van der Waals surface area contributed by atoms with Gasteiger partial charge in [-0.15, -0.1) is 0 Å². The number of carbonyl (C=O) groups is 1. The van der Waals surface area contributed by atoms with Crippen molar-refractivity contribution in [1.82, 2.24) is 4.31 Å². The maximum Gasteiger partial charge on any atom is 0.276 e. The predicted molar refractivity (Wildman–Crippen MR) is 112 cm³/mol. The molecule has 2 heterocycles. The average Bonchev–Trinajstić information content (AvgIpc) is 2.89. The molecule has 5 N–H and O–H groups in total. The third kappa shape index (κ3) is 7.29. The number of carbonyl (C=O) groups excluding carboxylic acids is 1. The van der Waals surface area contributed by atoms with Crippen LogP contribution in [0.2, 0.25) is 0 Å². The molecule has 3 rings (SSSR count). The van der Waals surface area contributed by atoms with E-state index in [0.717, 1.165) is 0 Å². The lowest BCUT2D eigenvalue weighted by Gasteiger charge is -2.27. The number of hydrogen-bond donors (Lipinski definition) is 3. The zero-order valence-electron chi connectivity index (χ0n) is 16.7. The van der Waals surface area contributed by atoms with Crippen LogP contribution in [-0.2, 0) is 29.7 Å². The van der Waals surface area contributed by atoms with Crippen molar-refractivity contribution in [2.45, 2.75) is 11.3 Å². The molecule has 0 aliphatic carbocycles. The molecule has 31 heavy (non-hydrogen) atoms. The molecule has 1 saturated heterocycles. The molecule has 0 atom stereocenters. The molecule has 2 aliphatic heterocycles. The molecule has 1 aromatic carbocycles. The number of aliphatic imine (C=N–C) groups is 1. The van der Waals surface area contributed by atoms with Crippen molar-refractivity contribution in [2.75, 3.05) is 39.2 Å². The van der Waals surface area contributed by atoms with E-state index in [0.29, 0.717) is 30.6 Å². The first-order valence-corrected chi connectivity index (χ1v) is 12.3. The van der Waals surface area contributed by atoms with E-state index in [1.807, 2.05) is 0 Å². The zero-order valence-corrected chi connectivity index (χ0v) is 18.4. The molecule has 0 unspecified atom stereocenters. The van der Waals surface area contributed by atoms with Crippen LogP contribution in [-0.4, -0.2) is 76.7 Å². The van der Waals surface area contributed by atoms with Crippen molar-refractivity contribution < 1.29 is 35.7 Å². The third-order valence-corrected chi connectivity index (χ3v) is 5.97. The standard InChI is InChI=1S/C16H20N4O5S.CH4O3S/c17-16(18)19-15(21)12-4-7-25-14-11(10-12)2-1-3-13(14)26(22,23)20-5-8-24-9-6-20;1-5(2,3)4/h1-3,10H,4-9H2,(H4,17,18,19,21);1H3,(H,2,3,4). The monoisotopic (exact) mass is 476 g/mol. The third-order valence-electron chi connectivity index (χ3n) is 4.05. The molecule has 1 amide bonds. The maximum absolute atomic E-state index is 13.0. The summed E-state index contributed by atoms with van der Waals surface area (Å²) < 4.78 is 64.1. The van der Waals surface area contributed by atoms with Crippen LogP contribution in [0.1, 0.15) is 12.0 Å². The minimum absolute atomic E-state index is 0.0729. The van der Waals surface area contributed by atoms with Gasteiger partial charge in [0.15, 0.2) is 5.96 Å². The number of guanidine groups is 1. The van der Waals surface area contributed by atoms with E-state index in [1.165, 1.54) is 10.4 Å². The summed E-state index contributed by atoms with van der Waals surface area (Å²) in [6.07, 6.45) is 2.55. The lowest BCUT2D eigenvalue weighted by atomic mass is 10.1. The van der Waals surface area contributed by atoms with E-state index in [2.05, 4.69) is 4.99 Å².